The van der Waals surface area contributed by atoms with Crippen LogP contribution in [0.1, 0.15) is 30.4 Å². The highest BCUT2D eigenvalue weighted by atomic mass is 19.1. The smallest absolute Gasteiger partial charge is 0.306 e. The number of nitrogens with zero attached hydrogens (tertiary/aromatic N) is 1. The number of primary amides is 1. The second-order valence-electron chi connectivity index (χ2n) is 6.82. The Morgan fingerprint density at radius 1 is 1.16 bits per heavy atom. The van der Waals surface area contributed by atoms with Gasteiger partial charge in [0.2, 0.25) is 11.8 Å². The molecule has 11 heteroatoms. The molecule has 0 fully saturated rings. The molecule has 9 nitrogen and oxygen atoms in total. The number of halogens is 2. The number of carbonyl (C=O) groups excluding carboxylic acids is 3. The van der Waals surface area contributed by atoms with Gasteiger partial charge in [-0.25, -0.2) is 8.78 Å². The molecular weight excluding hydrogens is 428 g/mol. The van der Waals surface area contributed by atoms with Crippen molar-refractivity contribution >= 4 is 23.5 Å². The van der Waals surface area contributed by atoms with Crippen LogP contribution in [0, 0.1) is 21.7 Å². The molecule has 2 aromatic rings. The summed E-state index contributed by atoms with van der Waals surface area (Å²) < 4.78 is 31.8. The molecule has 2 aromatic carbocycles. The zero-order valence-electron chi connectivity index (χ0n) is 17.0. The summed E-state index contributed by atoms with van der Waals surface area (Å²) >= 11 is 0. The van der Waals surface area contributed by atoms with Crippen LogP contribution >= 0.6 is 0 Å². The molecule has 170 valence electrons. The van der Waals surface area contributed by atoms with Crippen molar-refractivity contribution in [2.45, 2.75) is 31.7 Å². The predicted molar refractivity (Wildman–Crippen MR) is 108 cm³/mol. The average Bonchev–Trinajstić information content (AvgIpc) is 2.72. The number of amides is 2. The Kier molecular flexibility index (Phi) is 8.33. The van der Waals surface area contributed by atoms with E-state index in [1.807, 2.05) is 0 Å². The normalized spacial score (nSPS) is 12.5. The number of hydrogen-bond donors (Lipinski definition) is 2. The van der Waals surface area contributed by atoms with E-state index in [9.17, 15) is 33.3 Å². The van der Waals surface area contributed by atoms with Gasteiger partial charge in [-0.3, -0.25) is 24.5 Å². The number of nitrogens with one attached hydrogen (secondary N) is 1. The lowest BCUT2D eigenvalue weighted by Gasteiger charge is -2.25. The van der Waals surface area contributed by atoms with Crippen molar-refractivity contribution in [2.75, 3.05) is 6.61 Å². The minimum absolute atomic E-state index is 0.0727. The minimum atomic E-state index is -1.41. The van der Waals surface area contributed by atoms with Crippen molar-refractivity contribution < 1.29 is 32.8 Å². The van der Waals surface area contributed by atoms with Gasteiger partial charge in [-0.15, -0.1) is 0 Å². The number of non-ortho nitro benzene ring substituents is 1. The molecule has 3 N–H and O–H groups in total. The second kappa shape index (κ2) is 10.9. The van der Waals surface area contributed by atoms with Gasteiger partial charge in [0.05, 0.1) is 24.4 Å². The first-order chi connectivity index (χ1) is 15.1. The Bertz CT molecular complexity index is 1010. The molecule has 0 bridgehead atoms. The van der Waals surface area contributed by atoms with Crippen LogP contribution in [-0.4, -0.2) is 35.4 Å². The fourth-order valence-corrected chi connectivity index (χ4v) is 3.10. The van der Waals surface area contributed by atoms with Gasteiger partial charge in [0.15, 0.2) is 0 Å². The van der Waals surface area contributed by atoms with E-state index in [0.717, 1.165) is 12.1 Å². The van der Waals surface area contributed by atoms with Crippen molar-refractivity contribution in [2.24, 2.45) is 5.73 Å². The average molecular weight is 449 g/mol. The molecule has 2 amide bonds. The molecule has 0 heterocycles. The van der Waals surface area contributed by atoms with Crippen LogP contribution in [-0.2, 0) is 25.5 Å². The first-order valence-electron chi connectivity index (χ1n) is 9.55. The van der Waals surface area contributed by atoms with E-state index in [0.29, 0.717) is 11.6 Å². The van der Waals surface area contributed by atoms with Crippen LogP contribution in [0.25, 0.3) is 0 Å². The van der Waals surface area contributed by atoms with Gasteiger partial charge in [0, 0.05) is 24.1 Å². The number of nitro groups is 1. The van der Waals surface area contributed by atoms with Crippen LogP contribution in [0.3, 0.4) is 0 Å². The lowest BCUT2D eigenvalue weighted by atomic mass is 9.87. The molecule has 0 spiro atoms. The lowest BCUT2D eigenvalue weighted by molar-refractivity contribution is -0.384. The Morgan fingerprint density at radius 3 is 2.34 bits per heavy atom. The molecule has 32 heavy (non-hydrogen) atoms. The van der Waals surface area contributed by atoms with Crippen molar-refractivity contribution in [3.8, 4) is 0 Å². The molecular formula is C21H21F2N3O6. The Hall–Kier alpha value is -3.89. The van der Waals surface area contributed by atoms with E-state index in [-0.39, 0.29) is 24.3 Å². The SMILES string of the molecule is CCOC(=O)C[C@H](c1ccc([N+](=O)[O-])cc1)[C@H](NC(=O)Cc1ccc(F)cc1F)C(N)=O. The minimum Gasteiger partial charge on any atom is -0.466 e. The Labute approximate surface area is 181 Å². The van der Waals surface area contributed by atoms with Crippen molar-refractivity contribution in [1.29, 1.82) is 0 Å². The van der Waals surface area contributed by atoms with E-state index in [1.165, 1.54) is 24.3 Å². The summed E-state index contributed by atoms with van der Waals surface area (Å²) in [5, 5.41) is 13.3. The highest BCUT2D eigenvalue weighted by Crippen LogP contribution is 2.27. The maximum absolute atomic E-state index is 13.9. The lowest BCUT2D eigenvalue weighted by Crippen LogP contribution is -2.49. The zero-order chi connectivity index (χ0) is 23.8. The summed E-state index contributed by atoms with van der Waals surface area (Å²) in [5.74, 6) is -5.21. The summed E-state index contributed by atoms with van der Waals surface area (Å²) in [6.45, 7) is 1.66. The molecule has 0 aliphatic carbocycles. The van der Waals surface area contributed by atoms with Crippen LogP contribution in [0.4, 0.5) is 14.5 Å². The quantitative estimate of drug-likeness (QED) is 0.323. The zero-order valence-corrected chi connectivity index (χ0v) is 17.0. The van der Waals surface area contributed by atoms with Gasteiger partial charge in [-0.2, -0.15) is 0 Å². The van der Waals surface area contributed by atoms with Gasteiger partial charge in [0.1, 0.15) is 17.7 Å². The molecule has 0 saturated carbocycles. The topological polar surface area (TPSA) is 142 Å². The van der Waals surface area contributed by atoms with Gasteiger partial charge in [0.25, 0.3) is 5.69 Å². The first-order valence-corrected chi connectivity index (χ1v) is 9.55. The van der Waals surface area contributed by atoms with E-state index >= 15 is 0 Å². The Balaban J connectivity index is 2.31. The summed E-state index contributed by atoms with van der Waals surface area (Å²) in [5.41, 5.74) is 5.46. The third kappa shape index (κ3) is 6.56. The number of carbonyl (C=O) groups is 3. The maximum Gasteiger partial charge on any atom is 0.306 e. The highest BCUT2D eigenvalue weighted by Gasteiger charge is 2.32. The monoisotopic (exact) mass is 449 g/mol. The highest BCUT2D eigenvalue weighted by molar-refractivity contribution is 5.89. The van der Waals surface area contributed by atoms with E-state index < -0.39 is 52.7 Å². The second-order valence-corrected chi connectivity index (χ2v) is 6.82. The summed E-state index contributed by atoms with van der Waals surface area (Å²) in [6.07, 6.45) is -0.868. The van der Waals surface area contributed by atoms with Crippen molar-refractivity contribution in [3.63, 3.8) is 0 Å². The number of ether oxygens (including phenoxy) is 1. The summed E-state index contributed by atoms with van der Waals surface area (Å²) in [4.78, 5) is 47.0. The first kappa shape index (κ1) is 24.4. The molecule has 0 aliphatic rings. The van der Waals surface area contributed by atoms with Gasteiger partial charge >= 0.3 is 5.97 Å². The number of hydrogen-bond acceptors (Lipinski definition) is 6. The largest absolute Gasteiger partial charge is 0.466 e. The van der Waals surface area contributed by atoms with Crippen molar-refractivity contribution in [1.82, 2.24) is 5.32 Å². The molecule has 2 atom stereocenters. The predicted octanol–water partition coefficient (Wildman–Crippen LogP) is 2.12. The Morgan fingerprint density at radius 2 is 1.81 bits per heavy atom. The van der Waals surface area contributed by atoms with Gasteiger partial charge < -0.3 is 15.8 Å². The molecule has 0 saturated heterocycles. The van der Waals surface area contributed by atoms with E-state index in [4.69, 9.17) is 10.5 Å². The maximum atomic E-state index is 13.9. The molecule has 0 aliphatic heterocycles. The molecule has 2 rings (SSSR count). The van der Waals surface area contributed by atoms with Gasteiger partial charge in [-0.05, 0) is 24.1 Å². The number of nitrogens with two attached hydrogens (primary N) is 1. The van der Waals surface area contributed by atoms with Crippen LogP contribution < -0.4 is 11.1 Å². The van der Waals surface area contributed by atoms with E-state index in [2.05, 4.69) is 5.32 Å². The van der Waals surface area contributed by atoms with Crippen LogP contribution in [0.15, 0.2) is 42.5 Å². The fourth-order valence-electron chi connectivity index (χ4n) is 3.10. The number of rotatable bonds is 10. The van der Waals surface area contributed by atoms with Crippen LogP contribution in [0.5, 0.6) is 0 Å². The number of benzene rings is 2. The van der Waals surface area contributed by atoms with E-state index in [1.54, 1.807) is 6.92 Å². The van der Waals surface area contributed by atoms with Crippen LogP contribution in [0.2, 0.25) is 0 Å². The standard InChI is InChI=1S/C21H21F2N3O6/c1-2-32-19(28)11-16(12-4-7-15(8-5-12)26(30)31)20(21(24)29)25-18(27)9-13-3-6-14(22)10-17(13)23/h3-8,10,16,20H,2,9,11H2,1H3,(H2,24,29)(H,25,27)/t16-,20+/m1/s1. The number of nitro benzene ring substituents is 1. The molecule has 0 unspecified atom stereocenters. The van der Waals surface area contributed by atoms with Crippen molar-refractivity contribution in [3.05, 3.63) is 75.3 Å². The van der Waals surface area contributed by atoms with Gasteiger partial charge in [-0.1, -0.05) is 18.2 Å². The molecule has 0 aromatic heterocycles. The summed E-state index contributed by atoms with van der Waals surface area (Å²) in [7, 11) is 0. The third-order valence-corrected chi connectivity index (χ3v) is 4.62. The molecule has 0 radical (unpaired) electrons. The number of esters is 1. The fraction of sp³-hybridized carbons (Fsp3) is 0.286. The summed E-state index contributed by atoms with van der Waals surface area (Å²) in [6, 6.07) is 6.33. The third-order valence-electron chi connectivity index (χ3n) is 4.62.